The summed E-state index contributed by atoms with van der Waals surface area (Å²) in [5.74, 6) is 1.99. The maximum Gasteiger partial charge on any atom is 0.164 e. The lowest BCUT2D eigenvalue weighted by Crippen LogP contribution is -2.00. The number of aromatic nitrogens is 3. The van der Waals surface area contributed by atoms with E-state index in [4.69, 9.17) is 15.0 Å². The Hall–Kier alpha value is -3.63. The summed E-state index contributed by atoms with van der Waals surface area (Å²) in [6, 6.07) is 36.6. The molecule has 5 rings (SSSR count). The molecule has 3 nitrogen and oxygen atoms in total. The average Bonchev–Trinajstić information content (AvgIpc) is 2.90. The van der Waals surface area contributed by atoms with Crippen molar-refractivity contribution in [2.24, 2.45) is 0 Å². The van der Waals surface area contributed by atoms with Gasteiger partial charge in [0.1, 0.15) is 0 Å². The molecular formula is C30H26BrN3. The third-order valence-electron chi connectivity index (χ3n) is 5.00. The lowest BCUT2D eigenvalue weighted by molar-refractivity contribution is 1.07. The van der Waals surface area contributed by atoms with E-state index in [-0.39, 0.29) is 0 Å². The molecule has 168 valence electrons. The molecule has 0 saturated heterocycles. The second kappa shape index (κ2) is 11.5. The van der Waals surface area contributed by atoms with Crippen LogP contribution < -0.4 is 0 Å². The molecule has 0 radical (unpaired) electrons. The number of hydrogen-bond donors (Lipinski definition) is 0. The summed E-state index contributed by atoms with van der Waals surface area (Å²) in [7, 11) is 0. The quantitative estimate of drug-likeness (QED) is 0.244. The van der Waals surface area contributed by atoms with E-state index in [0.717, 1.165) is 32.3 Å². The average molecular weight is 508 g/mol. The van der Waals surface area contributed by atoms with Gasteiger partial charge in [0.25, 0.3) is 0 Å². The first-order valence-electron chi connectivity index (χ1n) is 11.4. The highest BCUT2D eigenvalue weighted by atomic mass is 79.9. The van der Waals surface area contributed by atoms with Gasteiger partial charge < -0.3 is 0 Å². The fourth-order valence-corrected chi connectivity index (χ4v) is 3.68. The molecule has 0 aliphatic rings. The van der Waals surface area contributed by atoms with Crippen LogP contribution in [0.25, 0.3) is 45.3 Å². The number of hydrogen-bond acceptors (Lipinski definition) is 3. The van der Waals surface area contributed by atoms with Crippen LogP contribution in [0.15, 0.2) is 114 Å². The van der Waals surface area contributed by atoms with Gasteiger partial charge in [0.15, 0.2) is 17.5 Å². The van der Waals surface area contributed by atoms with Crippen LogP contribution >= 0.6 is 15.9 Å². The molecule has 5 aromatic rings. The molecule has 1 aromatic heterocycles. The second-order valence-electron chi connectivity index (χ2n) is 7.83. The number of rotatable bonds is 4. The first-order chi connectivity index (χ1) is 16.7. The molecule has 0 N–H and O–H groups in total. The molecule has 4 aromatic carbocycles. The van der Waals surface area contributed by atoms with E-state index >= 15 is 0 Å². The normalized spacial score (nSPS) is 10.3. The summed E-state index contributed by atoms with van der Waals surface area (Å²) >= 11 is 3.50. The molecule has 0 unspecified atom stereocenters. The highest BCUT2D eigenvalue weighted by Gasteiger charge is 2.12. The SMILES string of the molecule is Brc1ccc(-c2cccc(-c3nc(-c4ccccc4)nc(-c4ccccc4)n3)c2)cc1.CCC. The zero-order valence-electron chi connectivity index (χ0n) is 19.3. The molecule has 0 bridgehead atoms. The van der Waals surface area contributed by atoms with Gasteiger partial charge in [-0.3, -0.25) is 0 Å². The van der Waals surface area contributed by atoms with Crippen LogP contribution in [0.3, 0.4) is 0 Å². The number of benzene rings is 4. The van der Waals surface area contributed by atoms with E-state index in [1.807, 2.05) is 84.9 Å². The van der Waals surface area contributed by atoms with Crippen molar-refractivity contribution in [2.75, 3.05) is 0 Å². The second-order valence-corrected chi connectivity index (χ2v) is 8.75. The Labute approximate surface area is 209 Å². The lowest BCUT2D eigenvalue weighted by Gasteiger charge is -2.09. The van der Waals surface area contributed by atoms with Crippen molar-refractivity contribution in [1.82, 2.24) is 15.0 Å². The van der Waals surface area contributed by atoms with E-state index in [1.165, 1.54) is 6.42 Å². The summed E-state index contributed by atoms with van der Waals surface area (Å²) in [6.07, 6.45) is 1.25. The Morgan fingerprint density at radius 1 is 0.471 bits per heavy atom. The molecule has 4 heteroatoms. The zero-order chi connectivity index (χ0) is 23.8. The lowest BCUT2D eigenvalue weighted by atomic mass is 10.0. The minimum Gasteiger partial charge on any atom is -0.208 e. The van der Waals surface area contributed by atoms with Gasteiger partial charge in [0, 0.05) is 21.2 Å². The zero-order valence-corrected chi connectivity index (χ0v) is 20.9. The summed E-state index contributed by atoms with van der Waals surface area (Å²) in [4.78, 5) is 14.4. The van der Waals surface area contributed by atoms with E-state index in [9.17, 15) is 0 Å². The predicted octanol–water partition coefficient (Wildman–Crippen LogP) is 8.72. The van der Waals surface area contributed by atoms with Gasteiger partial charge in [-0.1, -0.05) is 127 Å². The maximum absolute atomic E-state index is 4.82. The van der Waals surface area contributed by atoms with Gasteiger partial charge in [0.2, 0.25) is 0 Å². The van der Waals surface area contributed by atoms with Crippen LogP contribution in [-0.4, -0.2) is 15.0 Å². The van der Waals surface area contributed by atoms with E-state index < -0.39 is 0 Å². The largest absolute Gasteiger partial charge is 0.208 e. The Kier molecular flexibility index (Phi) is 7.95. The minimum atomic E-state index is 0.659. The summed E-state index contributed by atoms with van der Waals surface area (Å²) < 4.78 is 1.06. The van der Waals surface area contributed by atoms with Gasteiger partial charge in [-0.2, -0.15) is 0 Å². The predicted molar refractivity (Wildman–Crippen MR) is 145 cm³/mol. The van der Waals surface area contributed by atoms with Crippen LogP contribution in [0.5, 0.6) is 0 Å². The topological polar surface area (TPSA) is 38.7 Å². The van der Waals surface area contributed by atoms with Gasteiger partial charge in [-0.25, -0.2) is 15.0 Å². The molecule has 34 heavy (non-hydrogen) atoms. The minimum absolute atomic E-state index is 0.659. The first kappa shape index (κ1) is 23.5. The van der Waals surface area contributed by atoms with Crippen molar-refractivity contribution in [3.05, 3.63) is 114 Å². The fraction of sp³-hybridized carbons (Fsp3) is 0.100. The van der Waals surface area contributed by atoms with Gasteiger partial charge in [0.05, 0.1) is 0 Å². The molecule has 1 heterocycles. The third-order valence-corrected chi connectivity index (χ3v) is 5.53. The Balaban J connectivity index is 0.000000868. The van der Waals surface area contributed by atoms with Crippen LogP contribution in [0.1, 0.15) is 20.3 Å². The smallest absolute Gasteiger partial charge is 0.164 e. The van der Waals surface area contributed by atoms with E-state index in [2.05, 4.69) is 54.0 Å². The Morgan fingerprint density at radius 3 is 1.38 bits per heavy atom. The highest BCUT2D eigenvalue weighted by Crippen LogP contribution is 2.28. The number of nitrogens with zero attached hydrogens (tertiary/aromatic N) is 3. The monoisotopic (exact) mass is 507 g/mol. The van der Waals surface area contributed by atoms with Crippen LogP contribution in [-0.2, 0) is 0 Å². The standard InChI is InChI=1S/C27H18BrN3.C3H8/c28-24-16-14-19(15-17-24)22-12-7-13-23(18-22)27-30-25(20-8-3-1-4-9-20)29-26(31-27)21-10-5-2-6-11-21;1-3-2/h1-18H;3H2,1-2H3. The fourth-order valence-electron chi connectivity index (χ4n) is 3.42. The van der Waals surface area contributed by atoms with Crippen molar-refractivity contribution in [1.29, 1.82) is 0 Å². The third kappa shape index (κ3) is 5.83. The van der Waals surface area contributed by atoms with Crippen LogP contribution in [0.2, 0.25) is 0 Å². The Bertz CT molecular complexity index is 1280. The maximum atomic E-state index is 4.82. The molecule has 0 aliphatic heterocycles. The Morgan fingerprint density at radius 2 is 0.882 bits per heavy atom. The van der Waals surface area contributed by atoms with Crippen molar-refractivity contribution < 1.29 is 0 Å². The van der Waals surface area contributed by atoms with Crippen LogP contribution in [0.4, 0.5) is 0 Å². The van der Waals surface area contributed by atoms with Crippen molar-refractivity contribution >= 4 is 15.9 Å². The summed E-state index contributed by atoms with van der Waals surface area (Å²) in [5, 5.41) is 0. The molecule has 0 aliphatic carbocycles. The van der Waals surface area contributed by atoms with E-state index in [1.54, 1.807) is 0 Å². The number of halogens is 1. The van der Waals surface area contributed by atoms with Crippen molar-refractivity contribution in [3.8, 4) is 45.3 Å². The molecule has 0 amide bonds. The van der Waals surface area contributed by atoms with Gasteiger partial charge >= 0.3 is 0 Å². The molecule has 0 fully saturated rings. The van der Waals surface area contributed by atoms with Crippen LogP contribution in [0, 0.1) is 0 Å². The highest BCUT2D eigenvalue weighted by molar-refractivity contribution is 9.10. The van der Waals surface area contributed by atoms with Gasteiger partial charge in [-0.05, 0) is 29.3 Å². The van der Waals surface area contributed by atoms with Crippen molar-refractivity contribution in [3.63, 3.8) is 0 Å². The van der Waals surface area contributed by atoms with Crippen molar-refractivity contribution in [2.45, 2.75) is 20.3 Å². The summed E-state index contributed by atoms with van der Waals surface area (Å²) in [5.41, 5.74) is 5.15. The summed E-state index contributed by atoms with van der Waals surface area (Å²) in [6.45, 7) is 4.25. The molecule has 0 saturated carbocycles. The molecular weight excluding hydrogens is 482 g/mol. The first-order valence-corrected chi connectivity index (χ1v) is 12.2. The van der Waals surface area contributed by atoms with Gasteiger partial charge in [-0.15, -0.1) is 0 Å². The molecule has 0 spiro atoms. The molecule has 0 atom stereocenters. The van der Waals surface area contributed by atoms with E-state index in [0.29, 0.717) is 17.5 Å².